The topological polar surface area (TPSA) is 75.3 Å². The second-order valence-electron chi connectivity index (χ2n) is 5.48. The van der Waals surface area contributed by atoms with Crippen molar-refractivity contribution in [1.82, 2.24) is 10.6 Å². The molecule has 1 aromatic rings. The minimum Gasteiger partial charge on any atom is -0.351 e. The lowest BCUT2D eigenvalue weighted by Gasteiger charge is -2.34. The van der Waals surface area contributed by atoms with Crippen LogP contribution in [0.4, 0.5) is 8.78 Å². The molecular formula is C14H19ClF2N2O3S. The van der Waals surface area contributed by atoms with Gasteiger partial charge >= 0.3 is 0 Å². The van der Waals surface area contributed by atoms with E-state index < -0.39 is 32.1 Å². The largest absolute Gasteiger partial charge is 0.351 e. The maximum atomic E-state index is 13.1. The molecule has 23 heavy (non-hydrogen) atoms. The van der Waals surface area contributed by atoms with Crippen LogP contribution in [0.1, 0.15) is 18.4 Å². The number of carbonyl (C=O) groups excluding carboxylic acids is 1. The molecule has 0 atom stereocenters. The molecule has 5 nitrogen and oxygen atoms in total. The van der Waals surface area contributed by atoms with Crippen LogP contribution in [-0.4, -0.2) is 38.4 Å². The van der Waals surface area contributed by atoms with Crippen LogP contribution in [0.15, 0.2) is 18.2 Å². The van der Waals surface area contributed by atoms with E-state index in [0.29, 0.717) is 13.1 Å². The molecule has 1 fully saturated rings. The number of hydrogen-bond donors (Lipinski definition) is 2. The van der Waals surface area contributed by atoms with Crippen molar-refractivity contribution in [3.63, 3.8) is 0 Å². The van der Waals surface area contributed by atoms with Gasteiger partial charge in [0.2, 0.25) is 5.91 Å². The zero-order valence-electron chi connectivity index (χ0n) is 12.6. The molecule has 0 bridgehead atoms. The third-order valence-electron chi connectivity index (χ3n) is 3.91. The highest BCUT2D eigenvalue weighted by atomic mass is 35.5. The van der Waals surface area contributed by atoms with Gasteiger partial charge < -0.3 is 10.6 Å². The van der Waals surface area contributed by atoms with Crippen LogP contribution in [0.5, 0.6) is 0 Å². The monoisotopic (exact) mass is 368 g/mol. The average molecular weight is 369 g/mol. The fraction of sp³-hybridized carbons (Fsp3) is 0.500. The Bertz CT molecular complexity index is 656. The molecule has 0 unspecified atom stereocenters. The van der Waals surface area contributed by atoms with E-state index in [1.165, 1.54) is 0 Å². The molecule has 1 aliphatic heterocycles. The summed E-state index contributed by atoms with van der Waals surface area (Å²) in [7, 11) is -3.61. The van der Waals surface area contributed by atoms with Gasteiger partial charge in [-0.2, -0.15) is 0 Å². The van der Waals surface area contributed by atoms with Crippen molar-refractivity contribution < 1.29 is 22.0 Å². The van der Waals surface area contributed by atoms with Gasteiger partial charge in [0.05, 0.1) is 0 Å². The third kappa shape index (κ3) is 4.39. The third-order valence-corrected chi connectivity index (χ3v) is 5.92. The van der Waals surface area contributed by atoms with Crippen molar-refractivity contribution >= 4 is 28.2 Å². The summed E-state index contributed by atoms with van der Waals surface area (Å²) < 4.78 is 48.9. The maximum absolute atomic E-state index is 13.1. The van der Waals surface area contributed by atoms with Crippen LogP contribution in [0, 0.1) is 11.6 Å². The number of carbonyl (C=O) groups is 1. The Morgan fingerprint density at radius 1 is 1.22 bits per heavy atom. The molecule has 1 amide bonds. The van der Waals surface area contributed by atoms with Crippen LogP contribution in [0.2, 0.25) is 0 Å². The first-order valence-electron chi connectivity index (χ1n) is 6.88. The molecule has 2 rings (SSSR count). The molecule has 1 heterocycles. The summed E-state index contributed by atoms with van der Waals surface area (Å²) in [6.45, 7) is 0.725. The van der Waals surface area contributed by atoms with Gasteiger partial charge in [-0.15, -0.1) is 12.4 Å². The smallest absolute Gasteiger partial charge is 0.241 e. The average Bonchev–Trinajstić information content (AvgIpc) is 2.43. The fourth-order valence-electron chi connectivity index (χ4n) is 2.65. The molecular weight excluding hydrogens is 350 g/mol. The Morgan fingerprint density at radius 3 is 2.22 bits per heavy atom. The van der Waals surface area contributed by atoms with Gasteiger partial charge in [-0.05, 0) is 43.6 Å². The summed E-state index contributed by atoms with van der Waals surface area (Å²) in [4.78, 5) is 12.4. The Hall–Kier alpha value is -1.25. The molecule has 0 aromatic heterocycles. The number of sulfone groups is 1. The van der Waals surface area contributed by atoms with Crippen molar-refractivity contribution in [2.24, 2.45) is 0 Å². The van der Waals surface area contributed by atoms with Crippen molar-refractivity contribution in [2.45, 2.75) is 24.1 Å². The Balaban J connectivity index is 0.00000264. The SMILES string of the molecule is CS(=O)(=O)C1(C(=O)NCc2cc(F)cc(F)c2)CCNCC1.Cl. The molecule has 0 spiro atoms. The highest BCUT2D eigenvalue weighted by Gasteiger charge is 2.48. The number of benzene rings is 1. The van der Waals surface area contributed by atoms with Crippen LogP contribution in [0.25, 0.3) is 0 Å². The van der Waals surface area contributed by atoms with Gasteiger partial charge in [0.1, 0.15) is 11.6 Å². The fourth-order valence-corrected chi connectivity index (χ4v) is 4.01. The van der Waals surface area contributed by atoms with E-state index in [1.807, 2.05) is 0 Å². The molecule has 9 heteroatoms. The molecule has 0 saturated carbocycles. The van der Waals surface area contributed by atoms with Crippen molar-refractivity contribution in [3.8, 4) is 0 Å². The van der Waals surface area contributed by atoms with Crippen molar-refractivity contribution in [2.75, 3.05) is 19.3 Å². The minimum absolute atomic E-state index is 0. The molecule has 2 N–H and O–H groups in total. The Morgan fingerprint density at radius 2 is 1.74 bits per heavy atom. The predicted molar refractivity (Wildman–Crippen MR) is 85.1 cm³/mol. The molecule has 1 saturated heterocycles. The normalized spacial score (nSPS) is 17.2. The van der Waals surface area contributed by atoms with E-state index in [2.05, 4.69) is 10.6 Å². The van der Waals surface area contributed by atoms with Gasteiger partial charge in [-0.3, -0.25) is 4.79 Å². The van der Waals surface area contributed by atoms with Gasteiger partial charge in [0, 0.05) is 18.9 Å². The standard InChI is InChI=1S/C14H18F2N2O3S.ClH/c1-22(20,21)14(2-4-17-5-3-14)13(19)18-9-10-6-11(15)8-12(16)7-10;/h6-8,17H,2-5,9H2,1H3,(H,18,19);1H. The number of nitrogens with one attached hydrogen (secondary N) is 2. The zero-order valence-corrected chi connectivity index (χ0v) is 14.2. The first-order chi connectivity index (χ1) is 10.2. The predicted octanol–water partition coefficient (Wildman–Crippen LogP) is 1.17. The summed E-state index contributed by atoms with van der Waals surface area (Å²) >= 11 is 0. The van der Waals surface area contributed by atoms with Crippen LogP contribution in [0.3, 0.4) is 0 Å². The molecule has 130 valence electrons. The van der Waals surface area contributed by atoms with Crippen molar-refractivity contribution in [1.29, 1.82) is 0 Å². The number of rotatable bonds is 4. The second-order valence-corrected chi connectivity index (χ2v) is 7.80. The summed E-state index contributed by atoms with van der Waals surface area (Å²) in [6.07, 6.45) is 1.39. The molecule has 0 aliphatic carbocycles. The zero-order chi connectivity index (χ0) is 16.4. The molecule has 1 aliphatic rings. The summed E-state index contributed by atoms with van der Waals surface area (Å²) in [5, 5.41) is 5.50. The highest BCUT2D eigenvalue weighted by molar-refractivity contribution is 7.92. The number of amides is 1. The van der Waals surface area contributed by atoms with Crippen LogP contribution in [-0.2, 0) is 21.2 Å². The maximum Gasteiger partial charge on any atom is 0.241 e. The van der Waals surface area contributed by atoms with Gasteiger partial charge in [-0.25, -0.2) is 17.2 Å². The summed E-state index contributed by atoms with van der Waals surface area (Å²) in [5.41, 5.74) is 0.239. The summed E-state index contributed by atoms with van der Waals surface area (Å²) in [5.74, 6) is -2.12. The van der Waals surface area contributed by atoms with E-state index in [0.717, 1.165) is 24.5 Å². The lowest BCUT2D eigenvalue weighted by molar-refractivity contribution is -0.124. The first-order valence-corrected chi connectivity index (χ1v) is 8.77. The number of hydrogen-bond acceptors (Lipinski definition) is 4. The Kier molecular flexibility index (Phi) is 6.49. The number of halogens is 3. The van der Waals surface area contributed by atoms with Crippen LogP contribution >= 0.6 is 12.4 Å². The molecule has 0 radical (unpaired) electrons. The van der Waals surface area contributed by atoms with E-state index in [9.17, 15) is 22.0 Å². The minimum atomic E-state index is -3.61. The van der Waals surface area contributed by atoms with Gasteiger partial charge in [-0.1, -0.05) is 0 Å². The van der Waals surface area contributed by atoms with E-state index in [4.69, 9.17) is 0 Å². The van der Waals surface area contributed by atoms with E-state index in [1.54, 1.807) is 0 Å². The van der Waals surface area contributed by atoms with E-state index in [-0.39, 0.29) is 37.4 Å². The van der Waals surface area contributed by atoms with E-state index >= 15 is 0 Å². The first kappa shape index (κ1) is 19.8. The highest BCUT2D eigenvalue weighted by Crippen LogP contribution is 2.28. The van der Waals surface area contributed by atoms with Crippen molar-refractivity contribution in [3.05, 3.63) is 35.4 Å². The molecule has 1 aromatic carbocycles. The second kappa shape index (κ2) is 7.55. The number of piperidine rings is 1. The quantitative estimate of drug-likeness (QED) is 0.836. The lowest BCUT2D eigenvalue weighted by Crippen LogP contribution is -2.57. The lowest BCUT2D eigenvalue weighted by atomic mass is 9.95. The van der Waals surface area contributed by atoms with Crippen LogP contribution < -0.4 is 10.6 Å². The van der Waals surface area contributed by atoms with Gasteiger partial charge in [0.25, 0.3) is 0 Å². The van der Waals surface area contributed by atoms with Gasteiger partial charge in [0.15, 0.2) is 14.6 Å². The summed E-state index contributed by atoms with van der Waals surface area (Å²) in [6, 6.07) is 2.92. The Labute approximate surface area is 140 Å².